The SMILES string of the molecule is Cc1ccc(C2C[C@H](O)c3cc(Br)ccc3O2)cc1Br. The molecule has 0 aromatic heterocycles. The van der Waals surface area contributed by atoms with Gasteiger partial charge in [0.25, 0.3) is 0 Å². The summed E-state index contributed by atoms with van der Waals surface area (Å²) in [7, 11) is 0. The molecule has 1 aliphatic rings. The van der Waals surface area contributed by atoms with E-state index < -0.39 is 6.10 Å². The highest BCUT2D eigenvalue weighted by molar-refractivity contribution is 9.10. The Morgan fingerprint density at radius 1 is 1.15 bits per heavy atom. The van der Waals surface area contributed by atoms with Crippen LogP contribution in [0.25, 0.3) is 0 Å². The minimum Gasteiger partial charge on any atom is -0.485 e. The van der Waals surface area contributed by atoms with E-state index in [0.717, 1.165) is 25.8 Å². The minimum atomic E-state index is -0.499. The van der Waals surface area contributed by atoms with Crippen molar-refractivity contribution >= 4 is 31.9 Å². The summed E-state index contributed by atoms with van der Waals surface area (Å²) >= 11 is 6.97. The van der Waals surface area contributed by atoms with Gasteiger partial charge in [-0.1, -0.05) is 44.0 Å². The van der Waals surface area contributed by atoms with Gasteiger partial charge in [0.15, 0.2) is 0 Å². The molecule has 0 aliphatic carbocycles. The van der Waals surface area contributed by atoms with Crippen molar-refractivity contribution in [2.75, 3.05) is 0 Å². The van der Waals surface area contributed by atoms with Gasteiger partial charge in [0.1, 0.15) is 11.9 Å². The van der Waals surface area contributed by atoms with Crippen LogP contribution in [0.15, 0.2) is 45.3 Å². The molecule has 0 radical (unpaired) electrons. The van der Waals surface area contributed by atoms with Crippen LogP contribution >= 0.6 is 31.9 Å². The van der Waals surface area contributed by atoms with Crippen molar-refractivity contribution in [3.63, 3.8) is 0 Å². The summed E-state index contributed by atoms with van der Waals surface area (Å²) in [6, 6.07) is 11.9. The highest BCUT2D eigenvalue weighted by Crippen LogP contribution is 2.42. The van der Waals surface area contributed by atoms with E-state index in [4.69, 9.17) is 4.74 Å². The number of rotatable bonds is 1. The van der Waals surface area contributed by atoms with E-state index in [1.54, 1.807) is 0 Å². The molecule has 0 saturated carbocycles. The Morgan fingerprint density at radius 3 is 2.70 bits per heavy atom. The Hall–Kier alpha value is -0.840. The molecule has 104 valence electrons. The van der Waals surface area contributed by atoms with Crippen molar-refractivity contribution < 1.29 is 9.84 Å². The Bertz CT molecular complexity index is 655. The zero-order valence-corrected chi connectivity index (χ0v) is 14.1. The Kier molecular flexibility index (Phi) is 3.89. The number of ether oxygens (including phenoxy) is 1. The largest absolute Gasteiger partial charge is 0.485 e. The molecule has 1 N–H and O–H groups in total. The van der Waals surface area contributed by atoms with Crippen molar-refractivity contribution in [2.45, 2.75) is 25.6 Å². The van der Waals surface area contributed by atoms with Crippen molar-refractivity contribution in [3.05, 3.63) is 62.0 Å². The van der Waals surface area contributed by atoms with Gasteiger partial charge in [-0.25, -0.2) is 0 Å². The second kappa shape index (κ2) is 5.51. The van der Waals surface area contributed by atoms with Gasteiger partial charge in [0.05, 0.1) is 6.10 Å². The molecule has 2 aromatic rings. The van der Waals surface area contributed by atoms with Gasteiger partial charge in [0.2, 0.25) is 0 Å². The van der Waals surface area contributed by atoms with Gasteiger partial charge in [-0.3, -0.25) is 0 Å². The number of hydrogen-bond acceptors (Lipinski definition) is 2. The second-order valence-electron chi connectivity index (χ2n) is 5.05. The van der Waals surface area contributed by atoms with Crippen LogP contribution in [0.5, 0.6) is 5.75 Å². The zero-order valence-electron chi connectivity index (χ0n) is 10.9. The fraction of sp³-hybridized carbons (Fsp3) is 0.250. The maximum atomic E-state index is 10.3. The maximum Gasteiger partial charge on any atom is 0.127 e. The summed E-state index contributed by atoms with van der Waals surface area (Å²) in [5.74, 6) is 0.758. The molecule has 1 unspecified atom stereocenters. The first-order valence-corrected chi connectivity index (χ1v) is 8.03. The summed E-state index contributed by atoms with van der Waals surface area (Å²) in [6.45, 7) is 2.05. The number of aliphatic hydroxyl groups excluding tert-OH is 1. The van der Waals surface area contributed by atoms with E-state index in [1.165, 1.54) is 5.56 Å². The molecule has 3 rings (SSSR count). The Balaban J connectivity index is 1.94. The third-order valence-corrected chi connectivity index (χ3v) is 4.95. The molecule has 0 saturated heterocycles. The summed E-state index contributed by atoms with van der Waals surface area (Å²) in [5.41, 5.74) is 3.12. The average molecular weight is 398 g/mol. The highest BCUT2D eigenvalue weighted by Gasteiger charge is 2.28. The highest BCUT2D eigenvalue weighted by atomic mass is 79.9. The topological polar surface area (TPSA) is 29.5 Å². The van der Waals surface area contributed by atoms with E-state index in [-0.39, 0.29) is 6.10 Å². The van der Waals surface area contributed by atoms with Crippen molar-refractivity contribution in [2.24, 2.45) is 0 Å². The zero-order chi connectivity index (χ0) is 14.3. The lowest BCUT2D eigenvalue weighted by Gasteiger charge is -2.30. The van der Waals surface area contributed by atoms with Gasteiger partial charge in [-0.05, 0) is 42.3 Å². The lowest BCUT2D eigenvalue weighted by atomic mass is 9.95. The molecule has 1 heterocycles. The number of aliphatic hydroxyl groups is 1. The Labute approximate surface area is 135 Å². The molecule has 0 fully saturated rings. The second-order valence-corrected chi connectivity index (χ2v) is 6.82. The molecule has 20 heavy (non-hydrogen) atoms. The molecule has 2 atom stereocenters. The maximum absolute atomic E-state index is 10.3. The average Bonchev–Trinajstić information content (AvgIpc) is 2.42. The summed E-state index contributed by atoms with van der Waals surface area (Å²) in [5, 5.41) is 10.3. The standard InChI is InChI=1S/C16H14Br2O2/c1-9-2-3-10(6-13(9)18)16-8-14(19)12-7-11(17)4-5-15(12)20-16/h2-7,14,16,19H,8H2,1H3/t14-,16?/m0/s1. The van der Waals surface area contributed by atoms with E-state index in [0.29, 0.717) is 6.42 Å². The van der Waals surface area contributed by atoms with Crippen LogP contribution in [-0.4, -0.2) is 5.11 Å². The van der Waals surface area contributed by atoms with Gasteiger partial charge in [-0.2, -0.15) is 0 Å². The number of hydrogen-bond donors (Lipinski definition) is 1. The third-order valence-electron chi connectivity index (χ3n) is 3.61. The van der Waals surface area contributed by atoms with Crippen molar-refractivity contribution in [1.29, 1.82) is 0 Å². The van der Waals surface area contributed by atoms with Crippen LogP contribution in [0, 0.1) is 6.92 Å². The first-order chi connectivity index (χ1) is 9.54. The molecule has 2 nitrogen and oxygen atoms in total. The van der Waals surface area contributed by atoms with E-state index in [9.17, 15) is 5.11 Å². The van der Waals surface area contributed by atoms with Crippen LogP contribution in [0.1, 0.15) is 35.3 Å². The first kappa shape index (κ1) is 14.1. The molecule has 0 spiro atoms. The smallest absolute Gasteiger partial charge is 0.127 e. The molecule has 0 amide bonds. The first-order valence-electron chi connectivity index (χ1n) is 6.45. The van der Waals surface area contributed by atoms with Crippen LogP contribution in [-0.2, 0) is 0 Å². The van der Waals surface area contributed by atoms with Crippen LogP contribution in [0.3, 0.4) is 0 Å². The molecule has 2 aromatic carbocycles. The lowest BCUT2D eigenvalue weighted by molar-refractivity contribution is 0.0656. The number of aryl methyl sites for hydroxylation is 1. The van der Waals surface area contributed by atoms with Gasteiger partial charge in [0, 0.05) is 20.9 Å². The van der Waals surface area contributed by atoms with Crippen LogP contribution < -0.4 is 4.74 Å². The fourth-order valence-electron chi connectivity index (χ4n) is 2.43. The monoisotopic (exact) mass is 396 g/mol. The van der Waals surface area contributed by atoms with Gasteiger partial charge < -0.3 is 9.84 Å². The summed E-state index contributed by atoms with van der Waals surface area (Å²) in [6.07, 6.45) is -0.0456. The molecule has 1 aliphatic heterocycles. The van der Waals surface area contributed by atoms with E-state index in [2.05, 4.69) is 57.0 Å². The number of fused-ring (bicyclic) bond motifs is 1. The van der Waals surface area contributed by atoms with Crippen LogP contribution in [0.4, 0.5) is 0 Å². The number of halogens is 2. The van der Waals surface area contributed by atoms with E-state index in [1.807, 2.05) is 18.2 Å². The quantitative estimate of drug-likeness (QED) is 0.727. The molecular formula is C16H14Br2O2. The fourth-order valence-corrected chi connectivity index (χ4v) is 3.21. The van der Waals surface area contributed by atoms with Gasteiger partial charge in [-0.15, -0.1) is 0 Å². The Morgan fingerprint density at radius 2 is 1.95 bits per heavy atom. The van der Waals surface area contributed by atoms with Gasteiger partial charge >= 0.3 is 0 Å². The predicted octanol–water partition coefficient (Wildman–Crippen LogP) is 5.08. The van der Waals surface area contributed by atoms with Crippen LogP contribution in [0.2, 0.25) is 0 Å². The number of benzene rings is 2. The van der Waals surface area contributed by atoms with E-state index >= 15 is 0 Å². The van der Waals surface area contributed by atoms with Crippen molar-refractivity contribution in [1.82, 2.24) is 0 Å². The minimum absolute atomic E-state index is 0.115. The normalized spacial score (nSPS) is 21.2. The van der Waals surface area contributed by atoms with Crippen molar-refractivity contribution in [3.8, 4) is 5.75 Å². The molecular weight excluding hydrogens is 384 g/mol. The summed E-state index contributed by atoms with van der Waals surface area (Å²) in [4.78, 5) is 0. The molecule has 0 bridgehead atoms. The third kappa shape index (κ3) is 2.65. The summed E-state index contributed by atoms with van der Waals surface area (Å²) < 4.78 is 8.06. The molecule has 4 heteroatoms. The lowest BCUT2D eigenvalue weighted by Crippen LogP contribution is -2.19. The predicted molar refractivity (Wildman–Crippen MR) is 86.0 cm³/mol.